The molecule has 136 valence electrons. The number of nitrogens with one attached hydrogen (secondary N) is 1. The maximum Gasteiger partial charge on any atom is 0.213 e. The number of hydrogen-bond acceptors (Lipinski definition) is 7. The molecule has 0 spiro atoms. The van der Waals surface area contributed by atoms with Gasteiger partial charge in [-0.2, -0.15) is 19.8 Å². The molecule has 0 radical (unpaired) electrons. The van der Waals surface area contributed by atoms with Gasteiger partial charge in [0.1, 0.15) is 5.54 Å². The molecular weight excluding hydrogens is 354 g/mol. The lowest BCUT2D eigenvalue weighted by molar-refractivity contribution is 0.0719. The lowest BCUT2D eigenvalue weighted by atomic mass is 9.89. The molecule has 26 heavy (non-hydrogen) atoms. The molecule has 0 unspecified atom stereocenters. The first kappa shape index (κ1) is 16.9. The van der Waals surface area contributed by atoms with Crippen molar-refractivity contribution in [3.63, 3.8) is 0 Å². The van der Waals surface area contributed by atoms with Crippen LogP contribution < -0.4 is 5.32 Å². The molecule has 4 rings (SSSR count). The molecule has 2 aromatic heterocycles. The number of hydrogen-bond donors (Lipinski definition) is 1. The molecule has 9 nitrogen and oxygen atoms in total. The van der Waals surface area contributed by atoms with Gasteiger partial charge in [0.05, 0.1) is 30.6 Å². The van der Waals surface area contributed by atoms with Gasteiger partial charge >= 0.3 is 0 Å². The highest BCUT2D eigenvalue weighted by Crippen LogP contribution is 2.36. The van der Waals surface area contributed by atoms with Crippen molar-refractivity contribution >= 4 is 15.8 Å². The third-order valence-electron chi connectivity index (χ3n) is 5.11. The minimum absolute atomic E-state index is 0.0574. The average Bonchev–Trinajstić information content (AvgIpc) is 3.26. The van der Waals surface area contributed by atoms with Crippen LogP contribution in [0.25, 0.3) is 11.1 Å². The molecule has 0 saturated carbocycles. The predicted molar refractivity (Wildman–Crippen MR) is 94.7 cm³/mol. The highest BCUT2D eigenvalue weighted by Gasteiger charge is 2.49. The number of anilines is 1. The Bertz CT molecular complexity index is 986. The largest absolute Gasteiger partial charge is 0.368 e. The Labute approximate surface area is 151 Å². The van der Waals surface area contributed by atoms with Crippen molar-refractivity contribution in [2.45, 2.75) is 25.3 Å². The van der Waals surface area contributed by atoms with Crippen LogP contribution in [0.2, 0.25) is 0 Å². The number of fused-ring (bicyclic) bond motifs is 1. The second kappa shape index (κ2) is 6.03. The van der Waals surface area contributed by atoms with E-state index in [9.17, 15) is 13.7 Å². The highest BCUT2D eigenvalue weighted by atomic mass is 32.2. The van der Waals surface area contributed by atoms with Gasteiger partial charge in [-0.3, -0.25) is 4.68 Å². The molecule has 0 amide bonds. The molecule has 2 aliphatic rings. The van der Waals surface area contributed by atoms with Crippen LogP contribution in [0.15, 0.2) is 18.6 Å². The third-order valence-corrected chi connectivity index (χ3v) is 6.88. The molecule has 10 heteroatoms. The first-order valence-electron chi connectivity index (χ1n) is 8.48. The summed E-state index contributed by atoms with van der Waals surface area (Å²) in [5.74, 6) is 0.854. The van der Waals surface area contributed by atoms with Crippen LogP contribution in [0.1, 0.15) is 18.9 Å². The van der Waals surface area contributed by atoms with Crippen LogP contribution in [-0.2, 0) is 22.0 Å². The summed E-state index contributed by atoms with van der Waals surface area (Å²) in [5, 5.41) is 25.0. The van der Waals surface area contributed by atoms with Gasteiger partial charge in [0.25, 0.3) is 0 Å². The minimum Gasteiger partial charge on any atom is -0.368 e. The lowest BCUT2D eigenvalue weighted by Crippen LogP contribution is -2.64. The third kappa shape index (κ3) is 2.55. The number of aromatic nitrogens is 4. The summed E-state index contributed by atoms with van der Waals surface area (Å²) in [7, 11) is -3.26. The van der Waals surface area contributed by atoms with Crippen LogP contribution in [-0.4, -0.2) is 58.1 Å². The average molecular weight is 373 g/mol. The summed E-state index contributed by atoms with van der Waals surface area (Å²) in [6.07, 6.45) is 6.42. The molecule has 0 atom stereocenters. The van der Waals surface area contributed by atoms with Crippen LogP contribution in [0.3, 0.4) is 0 Å². The van der Waals surface area contributed by atoms with E-state index in [0.717, 1.165) is 35.5 Å². The fourth-order valence-electron chi connectivity index (χ4n) is 3.56. The number of rotatable bonds is 5. The summed E-state index contributed by atoms with van der Waals surface area (Å²) >= 11 is 0. The topological polar surface area (TPSA) is 117 Å². The van der Waals surface area contributed by atoms with Gasteiger partial charge in [-0.05, 0) is 13.3 Å². The minimum atomic E-state index is -3.26. The van der Waals surface area contributed by atoms with Crippen molar-refractivity contribution in [3.8, 4) is 17.2 Å². The van der Waals surface area contributed by atoms with Crippen LogP contribution in [0.5, 0.6) is 0 Å². The van der Waals surface area contributed by atoms with Crippen LogP contribution in [0, 0.1) is 11.3 Å². The normalized spacial score (nSPS) is 18.6. The van der Waals surface area contributed by atoms with E-state index in [4.69, 9.17) is 0 Å². The van der Waals surface area contributed by atoms with E-state index in [1.165, 1.54) is 4.31 Å². The summed E-state index contributed by atoms with van der Waals surface area (Å²) < 4.78 is 27.3. The van der Waals surface area contributed by atoms with Crippen molar-refractivity contribution in [2.24, 2.45) is 0 Å². The first-order valence-corrected chi connectivity index (χ1v) is 10.1. The summed E-state index contributed by atoms with van der Waals surface area (Å²) in [6.45, 7) is 2.99. The maximum absolute atomic E-state index is 12.1. The van der Waals surface area contributed by atoms with Crippen molar-refractivity contribution in [2.75, 3.05) is 30.7 Å². The second-order valence-corrected chi connectivity index (χ2v) is 8.92. The summed E-state index contributed by atoms with van der Waals surface area (Å²) in [4.78, 5) is 0. The zero-order valence-electron chi connectivity index (χ0n) is 14.4. The predicted octanol–water partition coefficient (Wildman–Crippen LogP) is 0.582. The van der Waals surface area contributed by atoms with Gasteiger partial charge < -0.3 is 5.32 Å². The van der Waals surface area contributed by atoms with Gasteiger partial charge in [-0.1, -0.05) is 0 Å². The number of nitriles is 1. The Hall–Kier alpha value is -2.51. The van der Waals surface area contributed by atoms with E-state index in [1.807, 2.05) is 6.20 Å². The Balaban J connectivity index is 1.65. The zero-order chi connectivity index (χ0) is 18.4. The maximum atomic E-state index is 12.1. The zero-order valence-corrected chi connectivity index (χ0v) is 15.2. The van der Waals surface area contributed by atoms with E-state index in [2.05, 4.69) is 26.7 Å². The van der Waals surface area contributed by atoms with Crippen molar-refractivity contribution in [1.82, 2.24) is 24.3 Å². The van der Waals surface area contributed by atoms with E-state index in [-0.39, 0.29) is 25.3 Å². The molecule has 2 aromatic rings. The number of nitrogens with zero attached hydrogens (tertiary/aromatic N) is 6. The molecule has 0 aromatic carbocycles. The van der Waals surface area contributed by atoms with E-state index in [1.54, 1.807) is 24.0 Å². The Morgan fingerprint density at radius 2 is 2.19 bits per heavy atom. The quantitative estimate of drug-likeness (QED) is 0.815. The molecule has 1 saturated heterocycles. The van der Waals surface area contributed by atoms with E-state index in [0.29, 0.717) is 0 Å². The number of sulfonamides is 1. The molecule has 4 heterocycles. The monoisotopic (exact) mass is 373 g/mol. The Morgan fingerprint density at radius 1 is 1.38 bits per heavy atom. The summed E-state index contributed by atoms with van der Waals surface area (Å²) in [6, 6.07) is 2.18. The van der Waals surface area contributed by atoms with Gasteiger partial charge in [0, 0.05) is 42.5 Å². The fourth-order valence-corrected chi connectivity index (χ4v) is 4.79. The molecule has 0 bridgehead atoms. The van der Waals surface area contributed by atoms with Crippen molar-refractivity contribution in [1.29, 1.82) is 5.26 Å². The lowest BCUT2D eigenvalue weighted by Gasteiger charge is -2.47. The summed E-state index contributed by atoms with van der Waals surface area (Å²) in [5.41, 5.74) is 2.36. The van der Waals surface area contributed by atoms with Gasteiger partial charge in [0.15, 0.2) is 5.82 Å². The molecule has 1 fully saturated rings. The first-order chi connectivity index (χ1) is 12.5. The second-order valence-electron chi connectivity index (χ2n) is 6.66. The Morgan fingerprint density at radius 3 is 2.92 bits per heavy atom. The van der Waals surface area contributed by atoms with Gasteiger partial charge in [-0.25, -0.2) is 8.42 Å². The fraction of sp³-hybridized carbons (Fsp3) is 0.500. The van der Waals surface area contributed by atoms with Gasteiger partial charge in [0.2, 0.25) is 10.0 Å². The highest BCUT2D eigenvalue weighted by molar-refractivity contribution is 7.89. The molecular formula is C16H19N7O2S. The Kier molecular flexibility index (Phi) is 3.93. The molecule has 1 N–H and O–H groups in total. The molecule has 2 aliphatic heterocycles. The smallest absolute Gasteiger partial charge is 0.213 e. The van der Waals surface area contributed by atoms with Crippen molar-refractivity contribution in [3.05, 3.63) is 24.2 Å². The van der Waals surface area contributed by atoms with E-state index >= 15 is 0 Å². The van der Waals surface area contributed by atoms with Crippen LogP contribution >= 0.6 is 0 Å². The SMILES string of the molecule is CCS(=O)(=O)N1CC(CC#N)(n2cc(-c3cnnc4c3CCN4)cn2)C1. The van der Waals surface area contributed by atoms with Crippen LogP contribution in [0.4, 0.5) is 5.82 Å². The van der Waals surface area contributed by atoms with Gasteiger partial charge in [-0.15, -0.1) is 5.10 Å². The van der Waals surface area contributed by atoms with E-state index < -0.39 is 15.6 Å². The standard InChI is InChI=1S/C16H19N7O2S/c1-2-26(24,25)22-10-16(11-22,4-5-17)23-9-12(7-20-23)14-8-19-21-15-13(14)3-6-18-15/h7-9H,2-4,6,10-11H2,1H3,(H,18,21). The van der Waals surface area contributed by atoms with Crippen molar-refractivity contribution < 1.29 is 8.42 Å². The molecule has 0 aliphatic carbocycles.